The van der Waals surface area contributed by atoms with Gasteiger partial charge in [-0.2, -0.15) is 8.75 Å². The van der Waals surface area contributed by atoms with E-state index in [9.17, 15) is 0 Å². The molecule has 3 heterocycles. The van der Waals surface area contributed by atoms with E-state index in [-0.39, 0.29) is 5.41 Å². The van der Waals surface area contributed by atoms with Crippen LogP contribution in [0.4, 0.5) is 0 Å². The topological polar surface area (TPSA) is 25.8 Å². The predicted octanol–water partition coefficient (Wildman–Crippen LogP) is 10.7. The maximum atomic E-state index is 4.76. The average molecular weight is 555 g/mol. The van der Waals surface area contributed by atoms with E-state index in [2.05, 4.69) is 88.9 Å². The molecule has 0 aliphatic heterocycles. The quantitative estimate of drug-likeness (QED) is 0.136. The second-order valence-corrected chi connectivity index (χ2v) is 14.8. The van der Waals surface area contributed by atoms with Gasteiger partial charge in [0.15, 0.2) is 0 Å². The minimum Gasteiger partial charge on any atom is -0.173 e. The third-order valence-corrected chi connectivity index (χ3v) is 12.9. The van der Waals surface area contributed by atoms with Crippen LogP contribution in [0.5, 0.6) is 0 Å². The van der Waals surface area contributed by atoms with Gasteiger partial charge in [-0.15, -0.1) is 34.4 Å². The van der Waals surface area contributed by atoms with E-state index in [1.807, 2.05) is 11.3 Å². The Kier molecular flexibility index (Phi) is 7.71. The Morgan fingerprint density at radius 1 is 0.944 bits per heavy atom. The Hall–Kier alpha value is -1.21. The Morgan fingerprint density at radius 3 is 2.47 bits per heavy atom. The first-order valence-electron chi connectivity index (χ1n) is 13.5. The first kappa shape index (κ1) is 26.4. The second-order valence-electron chi connectivity index (χ2n) is 11.1. The Morgan fingerprint density at radius 2 is 1.72 bits per heavy atom. The fourth-order valence-corrected chi connectivity index (χ4v) is 9.90. The van der Waals surface area contributed by atoms with Crippen molar-refractivity contribution in [3.63, 3.8) is 0 Å². The van der Waals surface area contributed by atoms with Crippen LogP contribution in [-0.2, 0) is 17.3 Å². The monoisotopic (exact) mass is 554 g/mol. The van der Waals surface area contributed by atoms with Crippen molar-refractivity contribution >= 4 is 57.2 Å². The summed E-state index contributed by atoms with van der Waals surface area (Å²) >= 11 is 7.45. The molecule has 0 saturated carbocycles. The maximum absolute atomic E-state index is 4.76. The SMILES string of the molecule is CCCCCCSc1c(-c2ccc(-c3ccc(C(C)(C)CC)c4nsnc34)s2)sc2c1CC2(C)CC. The number of rotatable bonds is 11. The van der Waals surface area contributed by atoms with Gasteiger partial charge in [-0.3, -0.25) is 0 Å². The van der Waals surface area contributed by atoms with E-state index in [1.54, 1.807) is 15.3 Å². The van der Waals surface area contributed by atoms with Crippen molar-refractivity contribution in [3.8, 4) is 20.2 Å². The highest BCUT2D eigenvalue weighted by Gasteiger charge is 2.42. The highest BCUT2D eigenvalue weighted by molar-refractivity contribution is 7.99. The number of benzene rings is 1. The molecule has 0 N–H and O–H groups in total. The summed E-state index contributed by atoms with van der Waals surface area (Å²) in [5.41, 5.74) is 6.80. The molecule has 1 aromatic carbocycles. The molecule has 2 nitrogen and oxygen atoms in total. The minimum absolute atomic E-state index is 0.0986. The van der Waals surface area contributed by atoms with Gasteiger partial charge in [0.25, 0.3) is 0 Å². The number of hydrogen-bond acceptors (Lipinski definition) is 6. The van der Waals surface area contributed by atoms with Gasteiger partial charge in [0.05, 0.1) is 16.6 Å². The van der Waals surface area contributed by atoms with Crippen LogP contribution in [0.25, 0.3) is 31.2 Å². The maximum Gasteiger partial charge on any atom is 0.113 e. The molecule has 5 rings (SSSR count). The van der Waals surface area contributed by atoms with Crippen molar-refractivity contribution in [1.29, 1.82) is 0 Å². The summed E-state index contributed by atoms with van der Waals surface area (Å²) in [6.45, 7) is 14.0. The van der Waals surface area contributed by atoms with Gasteiger partial charge < -0.3 is 0 Å². The van der Waals surface area contributed by atoms with Crippen LogP contribution in [0.3, 0.4) is 0 Å². The summed E-state index contributed by atoms with van der Waals surface area (Å²) in [6, 6.07) is 9.24. The van der Waals surface area contributed by atoms with Crippen LogP contribution in [-0.4, -0.2) is 14.5 Å². The number of hydrogen-bond donors (Lipinski definition) is 0. The molecule has 1 aliphatic rings. The molecule has 4 aromatic rings. The lowest BCUT2D eigenvalue weighted by Gasteiger charge is -2.38. The number of fused-ring (bicyclic) bond motifs is 2. The molecular weight excluding hydrogens is 517 g/mol. The summed E-state index contributed by atoms with van der Waals surface area (Å²) in [6.07, 6.45) is 8.87. The fourth-order valence-electron chi connectivity index (χ4n) is 5.17. The normalized spacial score (nSPS) is 17.5. The van der Waals surface area contributed by atoms with E-state index in [1.165, 1.54) is 81.8 Å². The zero-order valence-electron chi connectivity index (χ0n) is 22.5. The van der Waals surface area contributed by atoms with Crippen LogP contribution in [0.2, 0.25) is 0 Å². The zero-order chi connectivity index (χ0) is 25.5. The van der Waals surface area contributed by atoms with Crippen molar-refractivity contribution in [2.75, 3.05) is 5.75 Å². The van der Waals surface area contributed by atoms with Crippen LogP contribution in [0.1, 0.15) is 96.1 Å². The van der Waals surface area contributed by atoms with Gasteiger partial charge in [0.2, 0.25) is 0 Å². The molecule has 0 bridgehead atoms. The first-order chi connectivity index (χ1) is 17.3. The van der Waals surface area contributed by atoms with Crippen molar-refractivity contribution in [2.45, 2.75) is 102 Å². The van der Waals surface area contributed by atoms with Gasteiger partial charge in [-0.05, 0) is 60.1 Å². The molecule has 1 unspecified atom stereocenters. The molecular formula is C30H38N2S4. The number of thiophene rings is 2. The minimum atomic E-state index is 0.0986. The Labute approximate surface area is 233 Å². The third kappa shape index (κ3) is 4.61. The van der Waals surface area contributed by atoms with Gasteiger partial charge >= 0.3 is 0 Å². The van der Waals surface area contributed by atoms with Gasteiger partial charge in [-0.1, -0.05) is 72.9 Å². The van der Waals surface area contributed by atoms with E-state index in [0.29, 0.717) is 5.41 Å². The van der Waals surface area contributed by atoms with Crippen LogP contribution in [0.15, 0.2) is 29.2 Å². The lowest BCUT2D eigenvalue weighted by atomic mass is 9.69. The number of aromatic nitrogens is 2. The smallest absolute Gasteiger partial charge is 0.113 e. The van der Waals surface area contributed by atoms with Crippen LogP contribution >= 0.6 is 46.2 Å². The average Bonchev–Trinajstić information content (AvgIpc) is 3.61. The summed E-state index contributed by atoms with van der Waals surface area (Å²) < 4.78 is 9.50. The molecule has 0 spiro atoms. The summed E-state index contributed by atoms with van der Waals surface area (Å²) in [5.74, 6) is 1.23. The molecule has 3 aromatic heterocycles. The van der Waals surface area contributed by atoms with E-state index < -0.39 is 0 Å². The lowest BCUT2D eigenvalue weighted by Crippen LogP contribution is -2.33. The largest absolute Gasteiger partial charge is 0.173 e. The van der Waals surface area contributed by atoms with E-state index >= 15 is 0 Å². The zero-order valence-corrected chi connectivity index (χ0v) is 25.8. The van der Waals surface area contributed by atoms with Crippen LogP contribution in [0, 0.1) is 0 Å². The van der Waals surface area contributed by atoms with E-state index in [0.717, 1.165) is 17.5 Å². The highest BCUT2D eigenvalue weighted by atomic mass is 32.2. The molecule has 0 saturated heterocycles. The molecule has 192 valence electrons. The van der Waals surface area contributed by atoms with Crippen LogP contribution < -0.4 is 0 Å². The van der Waals surface area contributed by atoms with Crippen molar-refractivity contribution < 1.29 is 0 Å². The van der Waals surface area contributed by atoms with Crippen molar-refractivity contribution in [1.82, 2.24) is 8.75 Å². The highest BCUT2D eigenvalue weighted by Crippen LogP contribution is 2.57. The van der Waals surface area contributed by atoms with Crippen molar-refractivity contribution in [2.24, 2.45) is 0 Å². The van der Waals surface area contributed by atoms with Crippen molar-refractivity contribution in [3.05, 3.63) is 40.3 Å². The standard InChI is InChI=1S/C30H38N2S4/c1-7-10-11-12-17-33-26-20-18-30(6,9-3)28(20)35-27(26)23-16-15-22(34-23)19-13-14-21(29(4,5)8-2)25-24(19)31-36-32-25/h13-16H,7-12,17-18H2,1-6H3. The number of nitrogens with zero attached hydrogens (tertiary/aromatic N) is 2. The van der Waals surface area contributed by atoms with E-state index in [4.69, 9.17) is 8.75 Å². The predicted molar refractivity (Wildman–Crippen MR) is 164 cm³/mol. The second kappa shape index (κ2) is 10.5. The van der Waals surface area contributed by atoms with Gasteiger partial charge in [0.1, 0.15) is 11.0 Å². The lowest BCUT2D eigenvalue weighted by molar-refractivity contribution is 0.403. The molecule has 6 heteroatoms. The van der Waals surface area contributed by atoms with Gasteiger partial charge in [-0.25, -0.2) is 0 Å². The summed E-state index contributed by atoms with van der Waals surface area (Å²) in [7, 11) is 0. The summed E-state index contributed by atoms with van der Waals surface area (Å²) in [5, 5.41) is 0. The third-order valence-electron chi connectivity index (χ3n) is 8.22. The Bertz CT molecular complexity index is 1360. The molecule has 1 aliphatic carbocycles. The molecule has 1 atom stereocenters. The summed E-state index contributed by atoms with van der Waals surface area (Å²) in [4.78, 5) is 7.43. The number of unbranched alkanes of at least 4 members (excludes halogenated alkanes) is 3. The molecule has 36 heavy (non-hydrogen) atoms. The Balaban J connectivity index is 1.50. The molecule has 0 amide bonds. The fraction of sp³-hybridized carbons (Fsp3) is 0.533. The number of thioether (sulfide) groups is 1. The molecule has 0 fully saturated rings. The molecule has 0 radical (unpaired) electrons. The van der Waals surface area contributed by atoms with Gasteiger partial charge in [0, 0.05) is 30.5 Å². The first-order valence-corrected chi connectivity index (χ1v) is 16.8.